The lowest BCUT2D eigenvalue weighted by molar-refractivity contribution is 0.0602. The van der Waals surface area contributed by atoms with Crippen LogP contribution in [-0.4, -0.2) is 28.2 Å². The predicted molar refractivity (Wildman–Crippen MR) is 88.5 cm³/mol. The molecular weight excluding hydrogens is 362 g/mol. The Bertz CT molecular complexity index is 933. The number of carbonyl (C=O) groups is 2. The van der Waals surface area contributed by atoms with Crippen LogP contribution < -0.4 is 5.73 Å². The van der Waals surface area contributed by atoms with Gasteiger partial charge in [0, 0.05) is 17.4 Å². The fourth-order valence-corrected chi connectivity index (χ4v) is 2.76. The van der Waals surface area contributed by atoms with Crippen LogP contribution in [0.25, 0.3) is 5.52 Å². The van der Waals surface area contributed by atoms with Crippen molar-refractivity contribution in [2.24, 2.45) is 0 Å². The van der Waals surface area contributed by atoms with Crippen LogP contribution in [-0.2, 0) is 4.74 Å². The van der Waals surface area contributed by atoms with Crippen molar-refractivity contribution in [2.75, 3.05) is 12.8 Å². The van der Waals surface area contributed by atoms with Gasteiger partial charge in [-0.15, -0.1) is 0 Å². The fraction of sp³-hybridized carbons (Fsp3) is 0.0625. The summed E-state index contributed by atoms with van der Waals surface area (Å²) < 4.78 is 6.93. The van der Waals surface area contributed by atoms with E-state index in [2.05, 4.69) is 25.7 Å². The standard InChI is InChI=1S/C16H12BrN3O3/c1-23-16(22)10-8-9(5-6-11(10)18)13(21)15-19-14(17)12-4-2-3-7-20(12)15/h2-8H,18H2,1H3. The number of hydrogen-bond donors (Lipinski definition) is 1. The van der Waals surface area contributed by atoms with Gasteiger partial charge >= 0.3 is 5.97 Å². The van der Waals surface area contributed by atoms with Crippen molar-refractivity contribution in [3.63, 3.8) is 0 Å². The minimum Gasteiger partial charge on any atom is -0.465 e. The number of nitrogens with zero attached hydrogens (tertiary/aromatic N) is 2. The number of anilines is 1. The number of imidazole rings is 1. The Morgan fingerprint density at radius 2 is 2.04 bits per heavy atom. The van der Waals surface area contributed by atoms with E-state index in [0.29, 0.717) is 10.2 Å². The van der Waals surface area contributed by atoms with Crippen molar-refractivity contribution in [3.05, 3.63) is 64.1 Å². The van der Waals surface area contributed by atoms with Gasteiger partial charge in [-0.25, -0.2) is 9.78 Å². The summed E-state index contributed by atoms with van der Waals surface area (Å²) in [6.45, 7) is 0. The highest BCUT2D eigenvalue weighted by Crippen LogP contribution is 2.22. The van der Waals surface area contributed by atoms with E-state index < -0.39 is 5.97 Å². The molecule has 0 aliphatic rings. The van der Waals surface area contributed by atoms with Crippen LogP contribution in [0.2, 0.25) is 0 Å². The lowest BCUT2D eigenvalue weighted by Gasteiger charge is -2.06. The molecule has 0 spiro atoms. The number of rotatable bonds is 3. The molecule has 23 heavy (non-hydrogen) atoms. The molecule has 2 aromatic heterocycles. The second kappa shape index (κ2) is 5.85. The summed E-state index contributed by atoms with van der Waals surface area (Å²) in [5, 5.41) is 0. The van der Waals surface area contributed by atoms with Crippen LogP contribution in [0.4, 0.5) is 5.69 Å². The van der Waals surface area contributed by atoms with Crippen molar-refractivity contribution < 1.29 is 14.3 Å². The third-order valence-corrected chi connectivity index (χ3v) is 4.01. The molecule has 0 saturated carbocycles. The Morgan fingerprint density at radius 3 is 2.78 bits per heavy atom. The molecule has 6 nitrogen and oxygen atoms in total. The third kappa shape index (κ3) is 2.59. The lowest BCUT2D eigenvalue weighted by atomic mass is 10.0. The summed E-state index contributed by atoms with van der Waals surface area (Å²) in [6, 6.07) is 9.99. The number of fused-ring (bicyclic) bond motifs is 1. The first-order valence-corrected chi connectivity index (χ1v) is 7.47. The Labute approximate surface area is 140 Å². The first-order chi connectivity index (χ1) is 11.0. The first-order valence-electron chi connectivity index (χ1n) is 6.68. The number of ketones is 1. The summed E-state index contributed by atoms with van der Waals surface area (Å²) >= 11 is 3.34. The number of aromatic nitrogens is 2. The van der Waals surface area contributed by atoms with Gasteiger partial charge in [-0.2, -0.15) is 0 Å². The SMILES string of the molecule is COC(=O)c1cc(C(=O)c2nc(Br)c3ccccn23)ccc1N. The maximum absolute atomic E-state index is 12.8. The molecule has 0 aliphatic carbocycles. The van der Waals surface area contributed by atoms with E-state index in [4.69, 9.17) is 5.73 Å². The average molecular weight is 374 g/mol. The summed E-state index contributed by atoms with van der Waals surface area (Å²) in [7, 11) is 1.26. The summed E-state index contributed by atoms with van der Waals surface area (Å²) in [5.74, 6) is -0.665. The largest absolute Gasteiger partial charge is 0.465 e. The highest BCUT2D eigenvalue weighted by Gasteiger charge is 2.20. The van der Waals surface area contributed by atoms with Crippen molar-refractivity contribution in [1.82, 2.24) is 9.38 Å². The molecule has 0 radical (unpaired) electrons. The molecule has 0 aliphatic heterocycles. The highest BCUT2D eigenvalue weighted by molar-refractivity contribution is 9.10. The molecule has 2 N–H and O–H groups in total. The van der Waals surface area contributed by atoms with Crippen LogP contribution in [0.15, 0.2) is 47.2 Å². The van der Waals surface area contributed by atoms with Crippen molar-refractivity contribution >= 4 is 38.9 Å². The van der Waals surface area contributed by atoms with E-state index >= 15 is 0 Å². The minimum atomic E-state index is -0.591. The molecule has 3 aromatic rings. The Hall–Kier alpha value is -2.67. The van der Waals surface area contributed by atoms with E-state index in [1.54, 1.807) is 22.7 Å². The number of pyridine rings is 1. The molecule has 3 rings (SSSR count). The number of methoxy groups -OCH3 is 1. The number of halogens is 1. The Morgan fingerprint density at radius 1 is 1.26 bits per heavy atom. The zero-order chi connectivity index (χ0) is 16.6. The molecule has 7 heteroatoms. The van der Waals surface area contributed by atoms with Crippen LogP contribution in [0, 0.1) is 0 Å². The van der Waals surface area contributed by atoms with Gasteiger partial charge in [0.25, 0.3) is 0 Å². The maximum Gasteiger partial charge on any atom is 0.339 e. The normalized spacial score (nSPS) is 10.7. The van der Waals surface area contributed by atoms with E-state index in [-0.39, 0.29) is 22.9 Å². The number of nitrogen functional groups attached to an aromatic ring is 1. The van der Waals surface area contributed by atoms with Gasteiger partial charge in [0.2, 0.25) is 5.78 Å². The molecule has 116 valence electrons. The fourth-order valence-electron chi connectivity index (χ4n) is 2.27. The lowest BCUT2D eigenvalue weighted by Crippen LogP contribution is -2.11. The maximum atomic E-state index is 12.8. The predicted octanol–water partition coefficient (Wildman–Crippen LogP) is 2.70. The van der Waals surface area contributed by atoms with Crippen LogP contribution in [0.3, 0.4) is 0 Å². The number of ether oxygens (including phenoxy) is 1. The molecule has 2 heterocycles. The van der Waals surface area contributed by atoms with Gasteiger partial charge in [-0.05, 0) is 46.3 Å². The zero-order valence-electron chi connectivity index (χ0n) is 12.1. The molecule has 0 bridgehead atoms. The minimum absolute atomic E-state index is 0.151. The van der Waals surface area contributed by atoms with Gasteiger partial charge < -0.3 is 10.5 Å². The number of esters is 1. The monoisotopic (exact) mass is 373 g/mol. The van der Waals surface area contributed by atoms with Crippen LogP contribution in [0.1, 0.15) is 26.5 Å². The van der Waals surface area contributed by atoms with Gasteiger partial charge in [-0.3, -0.25) is 9.20 Å². The van der Waals surface area contributed by atoms with Gasteiger partial charge in [0.1, 0.15) is 4.60 Å². The number of carbonyl (C=O) groups excluding carboxylic acids is 2. The van der Waals surface area contributed by atoms with E-state index in [0.717, 1.165) is 5.52 Å². The summed E-state index contributed by atoms with van der Waals surface area (Å²) in [4.78, 5) is 28.7. The molecule has 0 fully saturated rings. The zero-order valence-corrected chi connectivity index (χ0v) is 13.7. The Balaban J connectivity index is 2.11. The van der Waals surface area contributed by atoms with Gasteiger partial charge in [0.05, 0.1) is 18.2 Å². The molecule has 0 atom stereocenters. The quantitative estimate of drug-likeness (QED) is 0.433. The van der Waals surface area contributed by atoms with E-state index in [1.807, 2.05) is 12.1 Å². The Kier molecular flexibility index (Phi) is 3.87. The summed E-state index contributed by atoms with van der Waals surface area (Å²) in [5.41, 5.74) is 7.25. The second-order valence-electron chi connectivity index (χ2n) is 4.80. The smallest absolute Gasteiger partial charge is 0.339 e. The van der Waals surface area contributed by atoms with Crippen LogP contribution in [0.5, 0.6) is 0 Å². The average Bonchev–Trinajstić information content (AvgIpc) is 2.91. The molecule has 0 unspecified atom stereocenters. The van der Waals surface area contributed by atoms with E-state index in [9.17, 15) is 9.59 Å². The number of benzene rings is 1. The topological polar surface area (TPSA) is 86.7 Å². The molecule has 1 aromatic carbocycles. The second-order valence-corrected chi connectivity index (χ2v) is 5.56. The van der Waals surface area contributed by atoms with Gasteiger partial charge in [0.15, 0.2) is 5.82 Å². The van der Waals surface area contributed by atoms with Crippen molar-refractivity contribution in [1.29, 1.82) is 0 Å². The first kappa shape index (κ1) is 15.2. The number of hydrogen-bond acceptors (Lipinski definition) is 5. The highest BCUT2D eigenvalue weighted by atomic mass is 79.9. The third-order valence-electron chi connectivity index (χ3n) is 3.43. The van der Waals surface area contributed by atoms with Crippen molar-refractivity contribution in [3.8, 4) is 0 Å². The molecule has 0 saturated heterocycles. The van der Waals surface area contributed by atoms with Gasteiger partial charge in [-0.1, -0.05) is 6.07 Å². The molecular formula is C16H12BrN3O3. The molecule has 0 amide bonds. The van der Waals surface area contributed by atoms with Crippen LogP contribution >= 0.6 is 15.9 Å². The number of nitrogens with two attached hydrogens (primary N) is 1. The van der Waals surface area contributed by atoms with Crippen molar-refractivity contribution in [2.45, 2.75) is 0 Å². The van der Waals surface area contributed by atoms with E-state index in [1.165, 1.54) is 19.2 Å². The summed E-state index contributed by atoms with van der Waals surface area (Å²) in [6.07, 6.45) is 1.75.